The Morgan fingerprint density at radius 1 is 1.20 bits per heavy atom. The number of halogens is 2. The number of benzene rings is 1. The molecule has 0 saturated carbocycles. The minimum atomic E-state index is -0.908. The van der Waals surface area contributed by atoms with E-state index in [4.69, 9.17) is 9.47 Å². The lowest BCUT2D eigenvalue weighted by Gasteiger charge is -2.39. The van der Waals surface area contributed by atoms with Crippen molar-refractivity contribution in [3.8, 4) is 0 Å². The Labute approximate surface area is 171 Å². The first-order chi connectivity index (χ1) is 14.5. The number of carbonyl (C=O) groups is 1. The monoisotopic (exact) mass is 414 g/mol. The number of rotatable bonds is 7. The zero-order valence-electron chi connectivity index (χ0n) is 16.3. The lowest BCUT2D eigenvalue weighted by Crippen LogP contribution is -2.48. The summed E-state index contributed by atoms with van der Waals surface area (Å²) >= 11 is 0. The Hall–Kier alpha value is -3.17. The van der Waals surface area contributed by atoms with Crippen LogP contribution in [0.25, 0.3) is 0 Å². The van der Waals surface area contributed by atoms with E-state index in [1.54, 1.807) is 25.6 Å². The van der Waals surface area contributed by atoms with Gasteiger partial charge in [0.25, 0.3) is 0 Å². The first-order valence-electron chi connectivity index (χ1n) is 9.33. The Morgan fingerprint density at radius 3 is 2.63 bits per heavy atom. The summed E-state index contributed by atoms with van der Waals surface area (Å²) in [5, 5.41) is 6.96. The molecule has 0 bridgehead atoms. The number of pyridine rings is 1. The van der Waals surface area contributed by atoms with Gasteiger partial charge in [-0.1, -0.05) is 12.1 Å². The molecule has 0 atom stereocenters. The largest absolute Gasteiger partial charge is 0.374 e. The van der Waals surface area contributed by atoms with Crippen LogP contribution in [0.5, 0.6) is 0 Å². The van der Waals surface area contributed by atoms with Gasteiger partial charge in [0.1, 0.15) is 0 Å². The van der Waals surface area contributed by atoms with Crippen LogP contribution >= 0.6 is 0 Å². The maximum Gasteiger partial charge on any atom is 0.230 e. The molecule has 1 amide bonds. The average molecular weight is 414 g/mol. The van der Waals surface area contributed by atoms with Crippen molar-refractivity contribution in [2.75, 3.05) is 25.6 Å². The van der Waals surface area contributed by atoms with Crippen molar-refractivity contribution < 1.29 is 23.0 Å². The molecule has 1 aromatic carbocycles. The number of nitrogens with one attached hydrogen (secondary N) is 1. The standard InChI is InChI=1S/C21H20F2N4O3/c1-29-21(12-30-13-21)18-5-3-14(10-24-18)9-20(28)25-19-6-7-27(26-19)11-15-2-4-16(22)17(23)8-15/h2-8,10H,9,11-13H2,1H3,(H,25,26,28). The van der Waals surface area contributed by atoms with Crippen LogP contribution in [0.4, 0.5) is 14.6 Å². The molecule has 3 aromatic rings. The predicted octanol–water partition coefficient (Wildman–Crippen LogP) is 2.66. The molecule has 156 valence electrons. The Morgan fingerprint density at radius 2 is 2.00 bits per heavy atom. The number of ether oxygens (including phenoxy) is 2. The van der Waals surface area contributed by atoms with Gasteiger partial charge in [0.15, 0.2) is 23.1 Å². The summed E-state index contributed by atoms with van der Waals surface area (Å²) in [5.74, 6) is -1.67. The zero-order valence-corrected chi connectivity index (χ0v) is 16.3. The molecule has 0 radical (unpaired) electrons. The summed E-state index contributed by atoms with van der Waals surface area (Å²) in [7, 11) is 1.62. The minimum absolute atomic E-state index is 0.139. The summed E-state index contributed by atoms with van der Waals surface area (Å²) in [5.41, 5.74) is 1.59. The second-order valence-corrected chi connectivity index (χ2v) is 7.11. The van der Waals surface area contributed by atoms with Gasteiger partial charge >= 0.3 is 0 Å². The van der Waals surface area contributed by atoms with Crippen molar-refractivity contribution in [2.24, 2.45) is 0 Å². The van der Waals surface area contributed by atoms with Gasteiger partial charge in [0, 0.05) is 25.6 Å². The number of anilines is 1. The normalized spacial score (nSPS) is 14.9. The predicted molar refractivity (Wildman–Crippen MR) is 104 cm³/mol. The number of carbonyl (C=O) groups excluding carboxylic acids is 1. The molecule has 7 nitrogen and oxygen atoms in total. The smallest absolute Gasteiger partial charge is 0.230 e. The molecule has 0 spiro atoms. The maximum absolute atomic E-state index is 13.3. The van der Waals surface area contributed by atoms with Gasteiger partial charge in [-0.2, -0.15) is 5.10 Å². The van der Waals surface area contributed by atoms with Crippen molar-refractivity contribution in [3.63, 3.8) is 0 Å². The van der Waals surface area contributed by atoms with Crippen molar-refractivity contribution >= 4 is 11.7 Å². The lowest BCUT2D eigenvalue weighted by atomic mass is 9.96. The third kappa shape index (κ3) is 4.22. The number of hydrogen-bond acceptors (Lipinski definition) is 5. The molecular weight excluding hydrogens is 394 g/mol. The van der Waals surface area contributed by atoms with E-state index >= 15 is 0 Å². The zero-order chi connectivity index (χ0) is 21.1. The highest BCUT2D eigenvalue weighted by molar-refractivity contribution is 5.91. The van der Waals surface area contributed by atoms with E-state index in [1.807, 2.05) is 12.1 Å². The summed E-state index contributed by atoms with van der Waals surface area (Å²) < 4.78 is 38.6. The van der Waals surface area contributed by atoms with E-state index in [1.165, 1.54) is 10.7 Å². The number of methoxy groups -OCH3 is 1. The maximum atomic E-state index is 13.3. The van der Waals surface area contributed by atoms with Gasteiger partial charge < -0.3 is 14.8 Å². The lowest BCUT2D eigenvalue weighted by molar-refractivity contribution is -0.204. The van der Waals surface area contributed by atoms with E-state index in [9.17, 15) is 13.6 Å². The molecule has 30 heavy (non-hydrogen) atoms. The minimum Gasteiger partial charge on any atom is -0.374 e. The number of nitrogens with zero attached hydrogens (tertiary/aromatic N) is 3. The van der Waals surface area contributed by atoms with Crippen molar-refractivity contribution in [1.29, 1.82) is 0 Å². The van der Waals surface area contributed by atoms with Gasteiger partial charge in [0.2, 0.25) is 5.91 Å². The van der Waals surface area contributed by atoms with Gasteiger partial charge in [0.05, 0.1) is 31.9 Å². The van der Waals surface area contributed by atoms with E-state index < -0.39 is 17.2 Å². The van der Waals surface area contributed by atoms with E-state index in [0.29, 0.717) is 24.6 Å². The Bertz CT molecular complexity index is 1040. The number of hydrogen-bond donors (Lipinski definition) is 1. The van der Waals surface area contributed by atoms with E-state index in [-0.39, 0.29) is 18.9 Å². The SMILES string of the molecule is COC1(c2ccc(CC(=O)Nc3ccn(Cc4ccc(F)c(F)c4)n3)cn2)COC1. The summed E-state index contributed by atoms with van der Waals surface area (Å²) in [6, 6.07) is 8.99. The second-order valence-electron chi connectivity index (χ2n) is 7.11. The number of amides is 1. The van der Waals surface area contributed by atoms with Crippen LogP contribution in [0.2, 0.25) is 0 Å². The molecule has 3 heterocycles. The molecule has 9 heteroatoms. The van der Waals surface area contributed by atoms with Crippen molar-refractivity contribution in [1.82, 2.24) is 14.8 Å². The molecule has 1 N–H and O–H groups in total. The fourth-order valence-corrected chi connectivity index (χ4v) is 3.17. The third-order valence-electron chi connectivity index (χ3n) is 4.95. The van der Waals surface area contributed by atoms with Crippen LogP contribution in [-0.2, 0) is 32.8 Å². The highest BCUT2D eigenvalue weighted by Crippen LogP contribution is 2.31. The molecular formula is C21H20F2N4O3. The van der Waals surface area contributed by atoms with Crippen LogP contribution in [0, 0.1) is 11.6 Å². The first-order valence-corrected chi connectivity index (χ1v) is 9.33. The van der Waals surface area contributed by atoms with Crippen LogP contribution in [-0.4, -0.2) is 41.0 Å². The molecule has 1 fully saturated rings. The fourth-order valence-electron chi connectivity index (χ4n) is 3.17. The molecule has 2 aromatic heterocycles. The number of aromatic nitrogens is 3. The van der Waals surface area contributed by atoms with E-state index in [2.05, 4.69) is 15.4 Å². The van der Waals surface area contributed by atoms with Crippen molar-refractivity contribution in [2.45, 2.75) is 18.6 Å². The second kappa shape index (κ2) is 8.29. The molecule has 4 rings (SSSR count). The molecule has 0 aliphatic carbocycles. The van der Waals surface area contributed by atoms with Crippen LogP contribution in [0.15, 0.2) is 48.8 Å². The van der Waals surface area contributed by atoms with Crippen LogP contribution in [0.1, 0.15) is 16.8 Å². The summed E-state index contributed by atoms with van der Waals surface area (Å²) in [6.45, 7) is 1.18. The van der Waals surface area contributed by atoms with Crippen molar-refractivity contribution in [3.05, 3.63) is 77.2 Å². The van der Waals surface area contributed by atoms with Crippen LogP contribution in [0.3, 0.4) is 0 Å². The highest BCUT2D eigenvalue weighted by Gasteiger charge is 2.41. The van der Waals surface area contributed by atoms with Gasteiger partial charge in [-0.15, -0.1) is 0 Å². The molecule has 0 unspecified atom stereocenters. The summed E-state index contributed by atoms with van der Waals surface area (Å²) in [6.07, 6.45) is 3.44. The summed E-state index contributed by atoms with van der Waals surface area (Å²) in [4.78, 5) is 16.7. The van der Waals surface area contributed by atoms with Gasteiger partial charge in [-0.05, 0) is 29.3 Å². The van der Waals surface area contributed by atoms with Gasteiger partial charge in [-0.3, -0.25) is 14.5 Å². The van der Waals surface area contributed by atoms with E-state index in [0.717, 1.165) is 23.4 Å². The quantitative estimate of drug-likeness (QED) is 0.643. The highest BCUT2D eigenvalue weighted by atomic mass is 19.2. The Balaban J connectivity index is 1.33. The fraction of sp³-hybridized carbons (Fsp3) is 0.286. The molecule has 1 aliphatic rings. The topological polar surface area (TPSA) is 78.3 Å². The third-order valence-corrected chi connectivity index (χ3v) is 4.95. The average Bonchev–Trinajstić information content (AvgIpc) is 3.12. The Kier molecular flexibility index (Phi) is 5.56. The van der Waals surface area contributed by atoms with Gasteiger partial charge in [-0.25, -0.2) is 8.78 Å². The molecule has 1 saturated heterocycles. The first kappa shape index (κ1) is 20.1. The van der Waals surface area contributed by atoms with Crippen LogP contribution < -0.4 is 5.32 Å². The molecule has 1 aliphatic heterocycles.